The summed E-state index contributed by atoms with van der Waals surface area (Å²) >= 11 is 0. The Hall–Kier alpha value is -3.19. The van der Waals surface area contributed by atoms with Crippen molar-refractivity contribution in [1.29, 1.82) is 0 Å². The van der Waals surface area contributed by atoms with Crippen molar-refractivity contribution in [3.8, 4) is 0 Å². The van der Waals surface area contributed by atoms with Gasteiger partial charge in [-0.05, 0) is 67.7 Å². The number of carbonyl (C=O) groups excluding carboxylic acids is 2. The van der Waals surface area contributed by atoms with Crippen LogP contribution in [0, 0.1) is 11.3 Å². The minimum atomic E-state index is -3.14. The molecule has 2 unspecified atom stereocenters. The third-order valence-electron chi connectivity index (χ3n) is 8.36. The summed E-state index contributed by atoms with van der Waals surface area (Å²) in [6, 6.07) is 12.3. The van der Waals surface area contributed by atoms with E-state index in [-0.39, 0.29) is 35.6 Å². The predicted molar refractivity (Wildman–Crippen MR) is 157 cm³/mol. The number of aliphatic carboxylic acids is 1. The van der Waals surface area contributed by atoms with Gasteiger partial charge in [0.2, 0.25) is 0 Å². The van der Waals surface area contributed by atoms with E-state index in [0.29, 0.717) is 29.9 Å². The predicted octanol–water partition coefficient (Wildman–Crippen LogP) is 6.14. The van der Waals surface area contributed by atoms with Crippen LogP contribution in [-0.2, 0) is 15.3 Å². The van der Waals surface area contributed by atoms with Crippen molar-refractivity contribution in [3.63, 3.8) is 0 Å². The number of carboxylic acid groups (broad SMARTS) is 1. The topological polar surface area (TPSA) is 99.1 Å². The number of halogens is 2. The number of nitrogens with zero attached hydrogens (tertiary/aromatic N) is 2. The number of rotatable bonds is 8. The summed E-state index contributed by atoms with van der Waals surface area (Å²) in [6.07, 6.45) is 2.83. The Bertz CT molecular complexity index is 1360. The summed E-state index contributed by atoms with van der Waals surface area (Å²) in [6.45, 7) is 8.54. The van der Waals surface area contributed by atoms with Crippen LogP contribution in [-0.4, -0.2) is 45.7 Å². The first kappa shape index (κ1) is 30.8. The Morgan fingerprint density at radius 3 is 2.41 bits per heavy atom. The first-order chi connectivity index (χ1) is 19.1. The third kappa shape index (κ3) is 6.66. The van der Waals surface area contributed by atoms with Crippen LogP contribution >= 0.6 is 9.24 Å². The summed E-state index contributed by atoms with van der Waals surface area (Å²) in [4.78, 5) is 44.4. The van der Waals surface area contributed by atoms with Gasteiger partial charge in [0.05, 0.1) is 12.5 Å². The van der Waals surface area contributed by atoms with E-state index in [2.05, 4.69) is 26.1 Å². The molecule has 2 N–H and O–H groups in total. The molecule has 7 nitrogen and oxygen atoms in total. The van der Waals surface area contributed by atoms with Crippen molar-refractivity contribution in [3.05, 3.63) is 70.8 Å². The Balaban J connectivity index is 1.69. The lowest BCUT2D eigenvalue weighted by molar-refractivity contribution is -0.137. The van der Waals surface area contributed by atoms with Gasteiger partial charge in [0, 0.05) is 23.2 Å². The molecule has 0 bridgehead atoms. The van der Waals surface area contributed by atoms with Gasteiger partial charge in [-0.25, -0.2) is 0 Å². The standard InChI is InChI=1S/C31H38F2N3O4P/c1-19(20-7-5-9-22(17-20)27(39)34-16-13-25(37)38)36-28(40)26(21-8-6-10-24(18-21)31(32,33)41)35-30(36)14-11-23(12-15-30)29(2,3)4/h5-10,17-19,23H,11-16,41H2,1-4H3,(H,34,39)(H,37,38). The first-order valence-electron chi connectivity index (χ1n) is 13.9. The number of hydrogen-bond acceptors (Lipinski definition) is 4. The van der Waals surface area contributed by atoms with Crippen LogP contribution < -0.4 is 5.32 Å². The van der Waals surface area contributed by atoms with Gasteiger partial charge in [-0.1, -0.05) is 60.3 Å². The molecule has 2 atom stereocenters. The number of carbonyl (C=O) groups is 3. The lowest BCUT2D eigenvalue weighted by Gasteiger charge is -2.46. The van der Waals surface area contributed by atoms with Crippen molar-refractivity contribution >= 4 is 32.7 Å². The normalized spacial score (nSPS) is 22.0. The Kier molecular flexibility index (Phi) is 8.70. The summed E-state index contributed by atoms with van der Waals surface area (Å²) in [5, 5.41) is 11.5. The Morgan fingerprint density at radius 1 is 1.15 bits per heavy atom. The van der Waals surface area contributed by atoms with E-state index in [1.54, 1.807) is 29.2 Å². The second kappa shape index (κ2) is 11.6. The average molecular weight is 586 g/mol. The first-order valence-corrected chi connectivity index (χ1v) is 14.5. The van der Waals surface area contributed by atoms with Gasteiger partial charge in [-0.2, -0.15) is 8.78 Å². The maximum Gasteiger partial charge on any atom is 0.305 e. The number of amides is 2. The number of aliphatic imine (C=N–C) groups is 1. The molecule has 1 heterocycles. The van der Waals surface area contributed by atoms with Crippen LogP contribution in [0.5, 0.6) is 0 Å². The second-order valence-electron chi connectivity index (χ2n) is 12.2. The molecular formula is C31H38F2N3O4P. The maximum absolute atomic E-state index is 14.1. The third-order valence-corrected chi connectivity index (χ3v) is 8.70. The van der Waals surface area contributed by atoms with Gasteiger partial charge in [0.15, 0.2) is 0 Å². The minimum absolute atomic E-state index is 0.00217. The van der Waals surface area contributed by atoms with E-state index >= 15 is 0 Å². The van der Waals surface area contributed by atoms with Gasteiger partial charge < -0.3 is 15.3 Å². The molecule has 4 rings (SSSR count). The molecule has 2 aliphatic rings. The lowest BCUT2D eigenvalue weighted by atomic mass is 9.69. The summed E-state index contributed by atoms with van der Waals surface area (Å²) in [5.41, 5.74) is -2.47. The van der Waals surface area contributed by atoms with Crippen LogP contribution in [0.15, 0.2) is 53.5 Å². The van der Waals surface area contributed by atoms with E-state index in [4.69, 9.17) is 10.1 Å². The van der Waals surface area contributed by atoms with Crippen LogP contribution in [0.1, 0.15) is 92.9 Å². The fraction of sp³-hybridized carbons (Fsp3) is 0.484. The molecule has 2 aromatic rings. The van der Waals surface area contributed by atoms with Crippen molar-refractivity contribution in [2.24, 2.45) is 16.3 Å². The van der Waals surface area contributed by atoms with Crippen molar-refractivity contribution in [2.75, 3.05) is 6.54 Å². The van der Waals surface area contributed by atoms with Crippen LogP contribution in [0.25, 0.3) is 0 Å². The van der Waals surface area contributed by atoms with Gasteiger partial charge in [0.25, 0.3) is 17.5 Å². The molecule has 1 saturated carbocycles. The van der Waals surface area contributed by atoms with Crippen molar-refractivity contribution in [1.82, 2.24) is 10.2 Å². The summed E-state index contributed by atoms with van der Waals surface area (Å²) in [7, 11) is 1.54. The minimum Gasteiger partial charge on any atom is -0.481 e. The highest BCUT2D eigenvalue weighted by Crippen LogP contribution is 2.49. The SMILES string of the molecule is CC(c1cccc(C(=O)NCCC(=O)O)c1)N1C(=O)C(c2cccc(C(F)(F)P)c2)=NC12CCC(C(C)(C)C)CC2. The number of nitrogens with one attached hydrogen (secondary N) is 1. The highest BCUT2D eigenvalue weighted by Gasteiger charge is 2.52. The van der Waals surface area contributed by atoms with Crippen molar-refractivity contribution in [2.45, 2.75) is 77.2 Å². The lowest BCUT2D eigenvalue weighted by Crippen LogP contribution is -2.51. The molecule has 2 aromatic carbocycles. The van der Waals surface area contributed by atoms with E-state index in [1.165, 1.54) is 27.4 Å². The molecule has 1 aliphatic carbocycles. The van der Waals surface area contributed by atoms with Crippen LogP contribution in [0.2, 0.25) is 0 Å². The summed E-state index contributed by atoms with van der Waals surface area (Å²) < 4.78 is 28.3. The molecule has 0 aromatic heterocycles. The molecule has 2 amide bonds. The molecule has 1 aliphatic heterocycles. The number of alkyl halides is 2. The fourth-order valence-corrected chi connectivity index (χ4v) is 6.16. The molecule has 0 radical (unpaired) electrons. The Morgan fingerprint density at radius 2 is 1.80 bits per heavy atom. The van der Waals surface area contributed by atoms with Crippen LogP contribution in [0.4, 0.5) is 8.78 Å². The summed E-state index contributed by atoms with van der Waals surface area (Å²) in [5.74, 6) is -1.28. The van der Waals surface area contributed by atoms with Gasteiger partial charge in [0.1, 0.15) is 11.4 Å². The van der Waals surface area contributed by atoms with E-state index in [9.17, 15) is 23.2 Å². The molecule has 0 saturated heterocycles. The zero-order valence-corrected chi connectivity index (χ0v) is 25.1. The van der Waals surface area contributed by atoms with Gasteiger partial charge in [-0.3, -0.25) is 19.4 Å². The quantitative estimate of drug-likeness (QED) is 0.364. The average Bonchev–Trinajstić information content (AvgIpc) is 3.18. The smallest absolute Gasteiger partial charge is 0.305 e. The number of carboxylic acids is 1. The number of hydrogen-bond donors (Lipinski definition) is 2. The Labute approximate surface area is 242 Å². The molecule has 41 heavy (non-hydrogen) atoms. The zero-order chi connectivity index (χ0) is 30.2. The van der Waals surface area contributed by atoms with E-state index in [0.717, 1.165) is 18.4 Å². The fourth-order valence-electron chi connectivity index (χ4n) is 5.98. The largest absolute Gasteiger partial charge is 0.481 e. The molecule has 220 valence electrons. The van der Waals surface area contributed by atoms with Crippen molar-refractivity contribution < 1.29 is 28.3 Å². The van der Waals surface area contributed by atoms with E-state index in [1.807, 2.05) is 13.0 Å². The zero-order valence-electron chi connectivity index (χ0n) is 23.9. The van der Waals surface area contributed by atoms with E-state index < -0.39 is 29.2 Å². The molecule has 1 spiro atoms. The van der Waals surface area contributed by atoms with Gasteiger partial charge >= 0.3 is 5.97 Å². The molecule has 10 heteroatoms. The van der Waals surface area contributed by atoms with Gasteiger partial charge in [-0.15, -0.1) is 0 Å². The number of benzene rings is 2. The highest BCUT2D eigenvalue weighted by molar-refractivity contribution is 7.17. The van der Waals surface area contributed by atoms with Crippen LogP contribution in [0.3, 0.4) is 0 Å². The second-order valence-corrected chi connectivity index (χ2v) is 12.9. The highest BCUT2D eigenvalue weighted by atomic mass is 31.0. The monoisotopic (exact) mass is 585 g/mol. The molecular weight excluding hydrogens is 547 g/mol. The maximum atomic E-state index is 14.1. The molecule has 1 fully saturated rings.